The van der Waals surface area contributed by atoms with Crippen LogP contribution in [0.1, 0.15) is 11.3 Å². The third-order valence-corrected chi connectivity index (χ3v) is 3.90. The van der Waals surface area contributed by atoms with Gasteiger partial charge in [0.2, 0.25) is 0 Å². The number of pyridine rings is 1. The van der Waals surface area contributed by atoms with Crippen LogP contribution >= 0.6 is 0 Å². The molecule has 0 atom stereocenters. The minimum Gasteiger partial charge on any atom is -0.388 e. The van der Waals surface area contributed by atoms with Crippen molar-refractivity contribution in [3.8, 4) is 0 Å². The van der Waals surface area contributed by atoms with Crippen LogP contribution in [0.2, 0.25) is 0 Å². The van der Waals surface area contributed by atoms with E-state index in [-0.39, 0.29) is 4.91 Å². The molecule has 0 aliphatic heterocycles. The Bertz CT molecular complexity index is 789. The second kappa shape index (κ2) is 9.97. The fourth-order valence-electron chi connectivity index (χ4n) is 1.62. The van der Waals surface area contributed by atoms with E-state index in [0.29, 0.717) is 5.69 Å². The van der Waals surface area contributed by atoms with Crippen LogP contribution in [0.15, 0.2) is 92.9 Å². The summed E-state index contributed by atoms with van der Waals surface area (Å²) in [6.45, 7) is 10.0. The minimum atomic E-state index is -3.94. The lowest BCUT2D eigenvalue weighted by molar-refractivity contribution is 0.456. The number of allylic oxidation sites excluding steroid dienone is 2. The van der Waals surface area contributed by atoms with Gasteiger partial charge in [0.1, 0.15) is 4.91 Å². The van der Waals surface area contributed by atoms with Crippen molar-refractivity contribution in [3.05, 3.63) is 104 Å². The lowest BCUT2D eigenvalue weighted by Crippen LogP contribution is -2.05. The summed E-state index contributed by atoms with van der Waals surface area (Å²) < 4.78 is 28.9. The Morgan fingerprint density at radius 1 is 0.958 bits per heavy atom. The summed E-state index contributed by atoms with van der Waals surface area (Å²) >= 11 is 0. The van der Waals surface area contributed by atoms with Crippen LogP contribution in [0.3, 0.4) is 0 Å². The molecule has 0 N–H and O–H groups in total. The van der Waals surface area contributed by atoms with E-state index in [1.807, 2.05) is 18.2 Å². The molecule has 0 unspecified atom stereocenters. The van der Waals surface area contributed by atoms with Crippen LogP contribution in [0.4, 0.5) is 0 Å². The maximum absolute atomic E-state index is 12.1. The number of nitrogens with zero attached hydrogens (tertiary/aromatic N) is 1. The van der Waals surface area contributed by atoms with Gasteiger partial charge in [-0.3, -0.25) is 4.98 Å². The van der Waals surface area contributed by atoms with Crippen molar-refractivity contribution in [1.29, 1.82) is 0 Å². The number of benzene rings is 1. The Balaban J connectivity index is 0.000000648. The van der Waals surface area contributed by atoms with Crippen LogP contribution in [0.5, 0.6) is 0 Å². The lowest BCUT2D eigenvalue weighted by atomic mass is 10.2. The van der Waals surface area contributed by atoms with Crippen molar-refractivity contribution in [3.63, 3.8) is 0 Å². The Labute approximate surface area is 143 Å². The van der Waals surface area contributed by atoms with Gasteiger partial charge < -0.3 is 4.18 Å². The maximum Gasteiger partial charge on any atom is 0.340 e. The van der Waals surface area contributed by atoms with Gasteiger partial charge in [-0.1, -0.05) is 68.3 Å². The molecule has 4 nitrogen and oxygen atoms in total. The molecule has 0 aliphatic rings. The van der Waals surface area contributed by atoms with Crippen molar-refractivity contribution in [2.75, 3.05) is 0 Å². The van der Waals surface area contributed by atoms with E-state index < -0.39 is 10.1 Å². The lowest BCUT2D eigenvalue weighted by Gasteiger charge is -2.07. The van der Waals surface area contributed by atoms with Crippen LogP contribution in [-0.2, 0) is 14.3 Å². The molecule has 0 radical (unpaired) electrons. The van der Waals surface area contributed by atoms with Gasteiger partial charge in [0.05, 0.1) is 12.0 Å². The molecule has 0 fully saturated rings. The van der Waals surface area contributed by atoms with Crippen LogP contribution in [0.25, 0.3) is 11.0 Å². The van der Waals surface area contributed by atoms with Gasteiger partial charge in [0.25, 0.3) is 0 Å². The molecule has 1 heterocycles. The Morgan fingerprint density at radius 3 is 2.08 bits per heavy atom. The molecule has 0 saturated heterocycles. The number of hydrogen-bond acceptors (Lipinski definition) is 4. The predicted octanol–water partition coefficient (Wildman–Crippen LogP) is 4.43. The Kier molecular flexibility index (Phi) is 7.94. The van der Waals surface area contributed by atoms with Crippen molar-refractivity contribution in [2.24, 2.45) is 0 Å². The Morgan fingerprint density at radius 2 is 1.58 bits per heavy atom. The fraction of sp³-hybridized carbons (Fsp3) is 0. The molecule has 1 aromatic heterocycles. The molecule has 124 valence electrons. The van der Waals surface area contributed by atoms with Gasteiger partial charge in [0, 0.05) is 6.20 Å². The third kappa shape index (κ3) is 6.06. The molecule has 0 saturated carbocycles. The van der Waals surface area contributed by atoms with Crippen molar-refractivity contribution in [2.45, 2.75) is 0 Å². The fourth-order valence-corrected chi connectivity index (χ4v) is 2.56. The van der Waals surface area contributed by atoms with Crippen LogP contribution in [0, 0.1) is 0 Å². The zero-order valence-corrected chi connectivity index (χ0v) is 14.0. The average Bonchev–Trinajstić information content (AvgIpc) is 2.61. The zero-order chi connectivity index (χ0) is 17.8. The molecule has 2 rings (SSSR count). The standard InChI is InChI=1S/C15H13NO3S.C4H6/c1-2-19-20(17,18)15(14-10-6-7-11-16-14)12-13-8-4-3-5-9-13;1-3-4-2/h2-12H,1H2;3-4H,1-2H2. The molecular weight excluding hydrogens is 322 g/mol. The van der Waals surface area contributed by atoms with Crippen LogP contribution in [-0.4, -0.2) is 13.4 Å². The number of hydrogen-bond donors (Lipinski definition) is 0. The summed E-state index contributed by atoms with van der Waals surface area (Å²) in [6, 6.07) is 14.1. The van der Waals surface area contributed by atoms with Crippen LogP contribution < -0.4 is 0 Å². The van der Waals surface area contributed by atoms with Gasteiger partial charge >= 0.3 is 10.1 Å². The first kappa shape index (κ1) is 19.1. The third-order valence-electron chi connectivity index (χ3n) is 2.65. The molecule has 1 aromatic carbocycles. The SMILES string of the molecule is C=CC=C.C=COS(=O)(=O)C(=Cc1ccccc1)c1ccccn1. The molecule has 0 amide bonds. The smallest absolute Gasteiger partial charge is 0.340 e. The highest BCUT2D eigenvalue weighted by atomic mass is 32.2. The van der Waals surface area contributed by atoms with Gasteiger partial charge in [-0.15, -0.1) is 0 Å². The van der Waals surface area contributed by atoms with Crippen molar-refractivity contribution >= 4 is 21.1 Å². The van der Waals surface area contributed by atoms with E-state index >= 15 is 0 Å². The van der Waals surface area contributed by atoms with E-state index in [1.54, 1.807) is 42.5 Å². The van der Waals surface area contributed by atoms with E-state index in [9.17, 15) is 8.42 Å². The van der Waals surface area contributed by atoms with Gasteiger partial charge in [-0.2, -0.15) is 8.42 Å². The minimum absolute atomic E-state index is 0.01000. The first-order valence-electron chi connectivity index (χ1n) is 7.01. The van der Waals surface area contributed by atoms with E-state index in [4.69, 9.17) is 0 Å². The normalized spacial score (nSPS) is 10.8. The van der Waals surface area contributed by atoms with E-state index in [1.165, 1.54) is 12.3 Å². The number of aromatic nitrogens is 1. The van der Waals surface area contributed by atoms with E-state index in [0.717, 1.165) is 11.8 Å². The zero-order valence-electron chi connectivity index (χ0n) is 13.2. The topological polar surface area (TPSA) is 56.3 Å². The highest BCUT2D eigenvalue weighted by Gasteiger charge is 2.21. The molecule has 2 aromatic rings. The average molecular weight is 341 g/mol. The highest BCUT2D eigenvalue weighted by Crippen LogP contribution is 2.23. The van der Waals surface area contributed by atoms with Gasteiger partial charge in [-0.25, -0.2) is 0 Å². The monoisotopic (exact) mass is 341 g/mol. The summed E-state index contributed by atoms with van der Waals surface area (Å²) in [5.74, 6) is 0. The van der Waals surface area contributed by atoms with Gasteiger partial charge in [0.15, 0.2) is 0 Å². The summed E-state index contributed by atoms with van der Waals surface area (Å²) in [5.41, 5.74) is 1.06. The molecule has 0 spiro atoms. The first-order chi connectivity index (χ1) is 11.5. The summed E-state index contributed by atoms with van der Waals surface area (Å²) in [7, 11) is -3.94. The largest absolute Gasteiger partial charge is 0.388 e. The quantitative estimate of drug-likeness (QED) is 0.443. The maximum atomic E-state index is 12.1. The van der Waals surface area contributed by atoms with E-state index in [2.05, 4.69) is 28.9 Å². The van der Waals surface area contributed by atoms with Crippen molar-refractivity contribution < 1.29 is 12.6 Å². The molecule has 0 bridgehead atoms. The molecule has 0 aliphatic carbocycles. The van der Waals surface area contributed by atoms with Gasteiger partial charge in [-0.05, 0) is 23.8 Å². The second-order valence-electron chi connectivity index (χ2n) is 4.32. The molecule has 24 heavy (non-hydrogen) atoms. The summed E-state index contributed by atoms with van der Waals surface area (Å²) in [6.07, 6.45) is 7.20. The summed E-state index contributed by atoms with van der Waals surface area (Å²) in [4.78, 5) is 4.05. The Hall–Kier alpha value is -2.92. The predicted molar refractivity (Wildman–Crippen MR) is 99.1 cm³/mol. The van der Waals surface area contributed by atoms with Crippen molar-refractivity contribution in [1.82, 2.24) is 4.98 Å². The first-order valence-corrected chi connectivity index (χ1v) is 8.41. The molecular formula is C19H19NO3S. The molecule has 5 heteroatoms. The highest BCUT2D eigenvalue weighted by molar-refractivity contribution is 7.96. The summed E-state index contributed by atoms with van der Waals surface area (Å²) in [5, 5.41) is 0. The number of rotatable bonds is 6. The second-order valence-corrected chi connectivity index (χ2v) is 5.86.